The van der Waals surface area contributed by atoms with E-state index in [0.717, 1.165) is 0 Å². The third-order valence-electron chi connectivity index (χ3n) is 2.83. The first-order valence-corrected chi connectivity index (χ1v) is 5.30. The fourth-order valence-corrected chi connectivity index (χ4v) is 1.06. The first-order valence-electron chi connectivity index (χ1n) is 5.30. The van der Waals surface area contributed by atoms with Crippen LogP contribution in [-0.2, 0) is 30.9 Å². The van der Waals surface area contributed by atoms with Crippen LogP contribution < -0.4 is 0 Å². The van der Waals surface area contributed by atoms with Gasteiger partial charge in [0, 0.05) is 26.2 Å². The molecule has 0 heterocycles. The Hall–Kier alpha value is 0.603. The Bertz CT molecular complexity index is 158. The van der Waals surface area contributed by atoms with Crippen LogP contribution in [0.15, 0.2) is 0 Å². The van der Waals surface area contributed by atoms with Crippen LogP contribution in [0.3, 0.4) is 0 Å². The van der Waals surface area contributed by atoms with Crippen molar-refractivity contribution in [3.05, 3.63) is 0 Å². The van der Waals surface area contributed by atoms with Crippen molar-refractivity contribution < 1.29 is 61.6 Å². The Morgan fingerprint density at radius 2 is 0.778 bits per heavy atom. The van der Waals surface area contributed by atoms with E-state index in [1.54, 1.807) is 0 Å². The van der Waals surface area contributed by atoms with Crippen molar-refractivity contribution in [3.63, 3.8) is 0 Å². The minimum atomic E-state index is -1.16. The minimum absolute atomic E-state index is 0. The number of hydrogen-bond acceptors (Lipinski definition) is 7. The number of rotatable bonds is 10. The molecule has 0 amide bonds. The summed E-state index contributed by atoms with van der Waals surface area (Å²) in [7, 11) is 0. The maximum Gasteiger partial charge on any atom is 0.0629 e. The third kappa shape index (κ3) is 5.71. The summed E-state index contributed by atoms with van der Waals surface area (Å²) in [6, 6.07) is 0. The molecule has 0 spiro atoms. The van der Waals surface area contributed by atoms with E-state index in [4.69, 9.17) is 35.4 Å². The molecule has 0 fully saturated rings. The largest absolute Gasteiger partial charge is 0.396 e. The van der Waals surface area contributed by atoms with Gasteiger partial charge in [-0.2, -0.15) is 0 Å². The van der Waals surface area contributed by atoms with E-state index in [1.165, 1.54) is 0 Å². The van der Waals surface area contributed by atoms with Crippen LogP contribution in [0.25, 0.3) is 0 Å². The van der Waals surface area contributed by atoms with E-state index >= 15 is 0 Å². The second kappa shape index (κ2) is 10.4. The van der Waals surface area contributed by atoms with E-state index in [9.17, 15) is 0 Å². The monoisotopic (exact) mass is 344 g/mol. The molecule has 0 aromatic carbocycles. The van der Waals surface area contributed by atoms with E-state index in [1.807, 2.05) is 0 Å². The molecule has 0 saturated carbocycles. The van der Waals surface area contributed by atoms with Crippen molar-refractivity contribution in [3.8, 4) is 0 Å². The van der Waals surface area contributed by atoms with E-state index in [-0.39, 0.29) is 39.4 Å². The van der Waals surface area contributed by atoms with Crippen molar-refractivity contribution in [1.29, 1.82) is 0 Å². The van der Waals surface area contributed by atoms with Gasteiger partial charge < -0.3 is 35.4 Å². The van der Waals surface area contributed by atoms with E-state index in [2.05, 4.69) is 0 Å². The average molecular weight is 346 g/mol. The molecule has 0 aromatic rings. The molecule has 0 aromatic heterocycles. The van der Waals surface area contributed by atoms with Gasteiger partial charge in [0.1, 0.15) is 0 Å². The van der Waals surface area contributed by atoms with Gasteiger partial charge in [0.25, 0.3) is 0 Å². The molecule has 18 heavy (non-hydrogen) atoms. The van der Waals surface area contributed by atoms with Crippen LogP contribution >= 0.6 is 0 Å². The smallest absolute Gasteiger partial charge is 0.0629 e. The van der Waals surface area contributed by atoms with E-state index in [0.29, 0.717) is 0 Å². The molecule has 0 aliphatic carbocycles. The number of aliphatic hydroxyl groups is 6. The summed E-state index contributed by atoms with van der Waals surface area (Å²) in [5, 5.41) is 54.2. The van der Waals surface area contributed by atoms with Crippen molar-refractivity contribution in [1.82, 2.24) is 0 Å². The Morgan fingerprint density at radius 3 is 0.944 bits per heavy atom. The second-order valence-electron chi connectivity index (χ2n) is 4.44. The van der Waals surface area contributed by atoms with Gasteiger partial charge in [0.05, 0.1) is 63.7 Å². The summed E-state index contributed by atoms with van der Waals surface area (Å²) < 4.78 is 5.15. The average Bonchev–Trinajstić information content (AvgIpc) is 2.41. The van der Waals surface area contributed by atoms with Crippen molar-refractivity contribution in [2.45, 2.75) is 0 Å². The van der Waals surface area contributed by atoms with Gasteiger partial charge in [-0.05, 0) is 0 Å². The molecule has 0 bridgehead atoms. The molecular formula is C10H22O7Zr. The molecule has 6 N–H and O–H groups in total. The summed E-state index contributed by atoms with van der Waals surface area (Å²) >= 11 is 0. The van der Waals surface area contributed by atoms with Crippen molar-refractivity contribution in [2.75, 3.05) is 52.9 Å². The van der Waals surface area contributed by atoms with Gasteiger partial charge in [0.15, 0.2) is 0 Å². The Labute approximate surface area is 125 Å². The van der Waals surface area contributed by atoms with Gasteiger partial charge in [-0.3, -0.25) is 0 Å². The fourth-order valence-electron chi connectivity index (χ4n) is 1.06. The Balaban J connectivity index is 0. The molecule has 0 aliphatic rings. The van der Waals surface area contributed by atoms with Gasteiger partial charge in [0.2, 0.25) is 0 Å². The molecule has 7 nitrogen and oxygen atoms in total. The molecule has 0 unspecified atom stereocenters. The van der Waals surface area contributed by atoms with Crippen molar-refractivity contribution >= 4 is 0 Å². The minimum Gasteiger partial charge on any atom is -0.396 e. The van der Waals surface area contributed by atoms with Crippen LogP contribution in [0.1, 0.15) is 0 Å². The normalized spacial score (nSPS) is 12.3. The first kappa shape index (κ1) is 20.9. The molecule has 0 aliphatic heterocycles. The summed E-state index contributed by atoms with van der Waals surface area (Å²) in [6.07, 6.45) is 0. The summed E-state index contributed by atoms with van der Waals surface area (Å²) in [5.74, 6) is 0. The molecule has 0 radical (unpaired) electrons. The Kier molecular flexibility index (Phi) is 12.1. The zero-order chi connectivity index (χ0) is 13.4. The predicted octanol–water partition coefficient (Wildman–Crippen LogP) is -3.07. The quantitative estimate of drug-likeness (QED) is 0.248. The zero-order valence-electron chi connectivity index (χ0n) is 10.2. The SMILES string of the molecule is OCC(CO)(CO)COCC(CO)(CO)CO.[Zr]. The maximum absolute atomic E-state index is 9.03. The predicted molar refractivity (Wildman–Crippen MR) is 58.2 cm³/mol. The van der Waals surface area contributed by atoms with Crippen LogP contribution in [0.4, 0.5) is 0 Å². The summed E-state index contributed by atoms with van der Waals surface area (Å²) in [4.78, 5) is 0. The molecule has 0 atom stereocenters. The van der Waals surface area contributed by atoms with Crippen LogP contribution in [-0.4, -0.2) is 83.5 Å². The Morgan fingerprint density at radius 1 is 0.556 bits per heavy atom. The number of ether oxygens (including phenoxy) is 1. The fraction of sp³-hybridized carbons (Fsp3) is 1.00. The third-order valence-corrected chi connectivity index (χ3v) is 2.83. The van der Waals surface area contributed by atoms with Crippen LogP contribution in [0.5, 0.6) is 0 Å². The van der Waals surface area contributed by atoms with Crippen LogP contribution in [0.2, 0.25) is 0 Å². The summed E-state index contributed by atoms with van der Waals surface area (Å²) in [6.45, 7) is -3.01. The van der Waals surface area contributed by atoms with Gasteiger partial charge in [-0.1, -0.05) is 0 Å². The number of aliphatic hydroxyl groups excluding tert-OH is 6. The molecule has 0 rings (SSSR count). The second-order valence-corrected chi connectivity index (χ2v) is 4.44. The molecule has 0 saturated heterocycles. The number of hydrogen-bond donors (Lipinski definition) is 6. The zero-order valence-corrected chi connectivity index (χ0v) is 12.7. The standard InChI is InChI=1S/C10H22O7.Zr/c11-1-9(2-12,3-13)7-17-8-10(4-14,5-15)6-16;/h11-16H,1-8H2;. The molecule has 108 valence electrons. The first-order chi connectivity index (χ1) is 8.07. The topological polar surface area (TPSA) is 131 Å². The molecular weight excluding hydrogens is 323 g/mol. The van der Waals surface area contributed by atoms with E-state index < -0.39 is 50.5 Å². The van der Waals surface area contributed by atoms with Gasteiger partial charge in [-0.15, -0.1) is 0 Å². The molecule has 8 heteroatoms. The summed E-state index contributed by atoms with van der Waals surface area (Å²) in [5.41, 5.74) is -2.32. The maximum atomic E-state index is 9.03. The van der Waals surface area contributed by atoms with Crippen molar-refractivity contribution in [2.24, 2.45) is 10.8 Å². The van der Waals surface area contributed by atoms with Gasteiger partial charge >= 0.3 is 0 Å². The van der Waals surface area contributed by atoms with Gasteiger partial charge in [-0.25, -0.2) is 0 Å². The van der Waals surface area contributed by atoms with Crippen LogP contribution in [0, 0.1) is 10.8 Å².